The van der Waals surface area contributed by atoms with Gasteiger partial charge in [0, 0.05) is 36.3 Å². The van der Waals surface area contributed by atoms with E-state index >= 15 is 0 Å². The summed E-state index contributed by atoms with van der Waals surface area (Å²) in [4.78, 5) is 29.1. The van der Waals surface area contributed by atoms with E-state index < -0.39 is 0 Å². The monoisotopic (exact) mass is 955 g/mol. The van der Waals surface area contributed by atoms with Gasteiger partial charge in [0.25, 0.3) is 0 Å². The fourth-order valence-electron chi connectivity index (χ4n) is 14.9. The number of piperazine rings is 1. The predicted molar refractivity (Wildman–Crippen MR) is 255 cm³/mol. The molecular formula is C57H83BrN2O5. The molecule has 0 radical (unpaired) electrons. The van der Waals surface area contributed by atoms with Crippen LogP contribution in [0.5, 0.6) is 0 Å². The Balaban J connectivity index is 0.00000576. The van der Waals surface area contributed by atoms with Crippen LogP contribution >= 0.6 is 0 Å². The third kappa shape index (κ3) is 9.36. The Kier molecular flexibility index (Phi) is 13.6. The second kappa shape index (κ2) is 18.1. The van der Waals surface area contributed by atoms with Gasteiger partial charge in [0.2, 0.25) is 5.91 Å². The van der Waals surface area contributed by atoms with Crippen molar-refractivity contribution in [1.82, 2.24) is 4.90 Å². The number of hydrogen-bond donors (Lipinski definition) is 0. The summed E-state index contributed by atoms with van der Waals surface area (Å²) in [6, 6.07) is 18.4. The van der Waals surface area contributed by atoms with Gasteiger partial charge in [-0.2, -0.15) is 0 Å². The standard InChI is InChI=1S/C57H83N2O5.BrH/c1-38-23-28-57(62-37-38)39(2)52-49(64-57)34-48-46-20-19-44-33-45(24-26-55(44,9)47(46)25-27-56(48,52)10)63-51(61)22-21-50(60)58-29-31-59(32-30-58,35-40-11-15-42(16-12-40)53(3,4)5)36-41-13-17-43(18-14-41)54(6,7)8;/h11-19,38-39,45-49,52H,20-37H2,1-10H3;1H/q+1;/p-1/t38-,39+,45+,46-,47+,48+,49+,52+,55+,56+,57-;/m1./s1. The lowest BCUT2D eigenvalue weighted by molar-refractivity contribution is -0.956. The molecule has 2 aromatic carbocycles. The summed E-state index contributed by atoms with van der Waals surface area (Å²) in [7, 11) is 0. The number of hydrogen-bond acceptors (Lipinski definition) is 5. The summed E-state index contributed by atoms with van der Waals surface area (Å²) in [5.74, 6) is 3.22. The molecule has 3 saturated heterocycles. The third-order valence-electron chi connectivity index (χ3n) is 18.9. The van der Waals surface area contributed by atoms with Crippen LogP contribution in [0.15, 0.2) is 60.2 Å². The van der Waals surface area contributed by atoms with Crippen LogP contribution in [0.25, 0.3) is 0 Å². The van der Waals surface area contributed by atoms with Crippen molar-refractivity contribution in [2.75, 3.05) is 32.8 Å². The lowest BCUT2D eigenvalue weighted by atomic mass is 9.47. The van der Waals surface area contributed by atoms with Crippen LogP contribution in [0.1, 0.15) is 162 Å². The Hall–Kier alpha value is -2.52. The number of quaternary nitrogens is 1. The van der Waals surface area contributed by atoms with Gasteiger partial charge in [-0.3, -0.25) is 9.59 Å². The molecule has 8 heteroatoms. The summed E-state index contributed by atoms with van der Waals surface area (Å²) in [5, 5.41) is 0. The summed E-state index contributed by atoms with van der Waals surface area (Å²) in [6.07, 6.45) is 13.1. The fourth-order valence-corrected chi connectivity index (χ4v) is 14.9. The molecule has 3 saturated carbocycles. The van der Waals surface area contributed by atoms with Crippen molar-refractivity contribution < 1.29 is 45.3 Å². The average molecular weight is 956 g/mol. The first-order valence-electron chi connectivity index (χ1n) is 25.7. The molecule has 1 spiro atoms. The first kappa shape index (κ1) is 48.9. The van der Waals surface area contributed by atoms with E-state index in [9.17, 15) is 9.59 Å². The van der Waals surface area contributed by atoms with E-state index in [1.807, 2.05) is 4.90 Å². The van der Waals surface area contributed by atoms with Crippen LogP contribution in [0.3, 0.4) is 0 Å². The molecule has 6 fully saturated rings. The van der Waals surface area contributed by atoms with Gasteiger partial charge in [0.1, 0.15) is 19.2 Å². The smallest absolute Gasteiger partial charge is 0.306 e. The van der Waals surface area contributed by atoms with Crippen LogP contribution in [0.4, 0.5) is 0 Å². The van der Waals surface area contributed by atoms with Crippen LogP contribution in [-0.4, -0.2) is 72.0 Å². The van der Waals surface area contributed by atoms with Gasteiger partial charge in [-0.1, -0.05) is 129 Å². The van der Waals surface area contributed by atoms with Crippen molar-refractivity contribution >= 4 is 11.9 Å². The number of nitrogens with zero attached hydrogens (tertiary/aromatic N) is 2. The topological polar surface area (TPSA) is 65.1 Å². The molecule has 3 aliphatic heterocycles. The van der Waals surface area contributed by atoms with Crippen LogP contribution in [0.2, 0.25) is 0 Å². The number of allylic oxidation sites excluding steroid dienone is 1. The average Bonchev–Trinajstić information content (AvgIpc) is 3.69. The minimum Gasteiger partial charge on any atom is -1.00 e. The zero-order valence-electron chi connectivity index (χ0n) is 41.9. The van der Waals surface area contributed by atoms with Gasteiger partial charge in [-0.15, -0.1) is 0 Å². The second-order valence-corrected chi connectivity index (χ2v) is 25.0. The van der Waals surface area contributed by atoms with Crippen molar-refractivity contribution in [3.8, 4) is 0 Å². The van der Waals surface area contributed by atoms with E-state index in [2.05, 4.69) is 124 Å². The highest BCUT2D eigenvalue weighted by molar-refractivity contribution is 5.81. The van der Waals surface area contributed by atoms with E-state index in [4.69, 9.17) is 14.2 Å². The first-order chi connectivity index (χ1) is 30.2. The molecule has 2 aromatic rings. The molecule has 0 bridgehead atoms. The summed E-state index contributed by atoms with van der Waals surface area (Å²) in [6.45, 7) is 29.4. The molecule has 3 heterocycles. The number of rotatable bonds is 8. The third-order valence-corrected chi connectivity index (χ3v) is 18.9. The van der Waals surface area contributed by atoms with Gasteiger partial charge >= 0.3 is 5.97 Å². The van der Waals surface area contributed by atoms with Gasteiger partial charge in [-0.25, -0.2) is 0 Å². The molecule has 1 amide bonds. The van der Waals surface area contributed by atoms with Crippen LogP contribution in [0, 0.1) is 46.3 Å². The van der Waals surface area contributed by atoms with Crippen molar-refractivity contribution in [2.45, 2.75) is 182 Å². The number of esters is 1. The molecule has 4 aliphatic carbocycles. The summed E-state index contributed by atoms with van der Waals surface area (Å²) < 4.78 is 20.7. The molecule has 0 aromatic heterocycles. The number of benzene rings is 2. The Morgan fingerprint density at radius 1 is 0.800 bits per heavy atom. The molecule has 0 N–H and O–H groups in total. The highest BCUT2D eigenvalue weighted by Gasteiger charge is 2.68. The van der Waals surface area contributed by atoms with Crippen molar-refractivity contribution in [3.05, 3.63) is 82.4 Å². The number of ether oxygens (including phenoxy) is 3. The van der Waals surface area contributed by atoms with Gasteiger partial charge in [0.15, 0.2) is 5.79 Å². The van der Waals surface area contributed by atoms with E-state index in [1.54, 1.807) is 0 Å². The molecule has 358 valence electrons. The zero-order valence-corrected chi connectivity index (χ0v) is 43.4. The maximum Gasteiger partial charge on any atom is 0.306 e. The Bertz CT molecular complexity index is 1990. The van der Waals surface area contributed by atoms with Crippen molar-refractivity contribution in [3.63, 3.8) is 0 Å². The van der Waals surface area contributed by atoms with Crippen molar-refractivity contribution in [2.24, 2.45) is 46.3 Å². The molecule has 11 atom stereocenters. The minimum atomic E-state index is -0.360. The predicted octanol–water partition coefficient (Wildman–Crippen LogP) is 8.70. The Morgan fingerprint density at radius 3 is 1.98 bits per heavy atom. The molecule has 7 nitrogen and oxygen atoms in total. The number of halogens is 1. The van der Waals surface area contributed by atoms with E-state index in [1.165, 1.54) is 53.5 Å². The quantitative estimate of drug-likeness (QED) is 0.151. The first-order valence-corrected chi connectivity index (χ1v) is 25.7. The Morgan fingerprint density at radius 2 is 1.42 bits per heavy atom. The van der Waals surface area contributed by atoms with Crippen LogP contribution in [-0.2, 0) is 47.7 Å². The second-order valence-electron chi connectivity index (χ2n) is 25.0. The van der Waals surface area contributed by atoms with Crippen molar-refractivity contribution in [1.29, 1.82) is 0 Å². The molecule has 7 aliphatic rings. The fraction of sp³-hybridized carbons (Fsp3) is 0.719. The largest absolute Gasteiger partial charge is 1.00 e. The Labute approximate surface area is 403 Å². The lowest BCUT2D eigenvalue weighted by Gasteiger charge is -2.58. The van der Waals surface area contributed by atoms with Gasteiger partial charge in [0.05, 0.1) is 45.3 Å². The SMILES string of the molecule is C[C@@H]1CC[C@@]2(OC1)O[C@H]1C[C@H]3[C@@H]4CC=C5C[C@@H](OC(=O)CCC(=O)N6CC[N+](Cc7ccc(C(C)(C)C)cc7)(Cc7ccc(C(C)(C)C)cc7)CC6)CC[C@]5(C)[C@H]4CC[C@]3(C)[C@H]1[C@@H]2C.[Br-]. The molecule has 65 heavy (non-hydrogen) atoms. The maximum atomic E-state index is 13.7. The maximum absolute atomic E-state index is 13.7. The number of amides is 1. The molecular weight excluding hydrogens is 873 g/mol. The summed E-state index contributed by atoms with van der Waals surface area (Å²) >= 11 is 0. The van der Waals surface area contributed by atoms with E-state index in [0.717, 1.165) is 69.4 Å². The number of carbonyl (C=O) groups is 2. The lowest BCUT2D eigenvalue weighted by Crippen LogP contribution is -3.00. The minimum absolute atomic E-state index is 0. The number of fused-ring (bicyclic) bond motifs is 7. The normalized spacial score (nSPS) is 36.4. The zero-order chi connectivity index (χ0) is 45.5. The molecule has 9 rings (SSSR count). The highest BCUT2D eigenvalue weighted by atomic mass is 79.9. The van der Waals surface area contributed by atoms with Gasteiger partial charge in [-0.05, 0) is 107 Å². The summed E-state index contributed by atoms with van der Waals surface area (Å²) in [5.41, 5.74) is 7.61. The van der Waals surface area contributed by atoms with E-state index in [0.29, 0.717) is 60.1 Å². The van der Waals surface area contributed by atoms with Gasteiger partial charge < -0.3 is 40.6 Å². The van der Waals surface area contributed by atoms with Crippen LogP contribution < -0.4 is 17.0 Å². The van der Waals surface area contributed by atoms with E-state index in [-0.39, 0.29) is 69.8 Å². The highest BCUT2D eigenvalue weighted by Crippen LogP contribution is 2.70. The number of carbonyl (C=O) groups excluding carboxylic acids is 2. The molecule has 0 unspecified atom stereocenters.